The van der Waals surface area contributed by atoms with E-state index in [9.17, 15) is 17.9 Å². The van der Waals surface area contributed by atoms with E-state index in [2.05, 4.69) is 0 Å². The Balaban J connectivity index is 1.76. The number of halogens is 1. The molecule has 10 heteroatoms. The minimum absolute atomic E-state index is 0.0350. The van der Waals surface area contributed by atoms with Gasteiger partial charge in [0, 0.05) is 25.2 Å². The molecule has 2 aromatic carbocycles. The Kier molecular flexibility index (Phi) is 5.94. The summed E-state index contributed by atoms with van der Waals surface area (Å²) in [5.41, 5.74) is -1.06. The van der Waals surface area contributed by atoms with Crippen molar-refractivity contribution >= 4 is 10.0 Å². The number of hydrogen-bond donors (Lipinski definition) is 1. The summed E-state index contributed by atoms with van der Waals surface area (Å²) >= 11 is 0. The topological polar surface area (TPSA) is 124 Å². The van der Waals surface area contributed by atoms with E-state index in [4.69, 9.17) is 20.0 Å². The summed E-state index contributed by atoms with van der Waals surface area (Å²) < 4.78 is 51.5. The molecule has 0 amide bonds. The normalized spacial score (nSPS) is 15.5. The highest BCUT2D eigenvalue weighted by atomic mass is 32.2. The fourth-order valence-corrected chi connectivity index (χ4v) is 4.96. The Bertz CT molecular complexity index is 1150. The quantitative estimate of drug-likeness (QED) is 0.707. The van der Waals surface area contributed by atoms with Crippen LogP contribution < -0.4 is 9.47 Å². The second-order valence-corrected chi connectivity index (χ2v) is 8.83. The van der Waals surface area contributed by atoms with Gasteiger partial charge in [0.25, 0.3) is 0 Å². The molecule has 1 N–H and O–H groups in total. The summed E-state index contributed by atoms with van der Waals surface area (Å²) in [6.45, 7) is -0.531. The minimum Gasteiger partial charge on any atom is -0.493 e. The van der Waals surface area contributed by atoms with Crippen LogP contribution in [0.1, 0.15) is 11.1 Å². The number of aliphatic hydroxyl groups is 1. The Morgan fingerprint density at radius 1 is 1.17 bits per heavy atom. The third kappa shape index (κ3) is 3.81. The van der Waals surface area contributed by atoms with Gasteiger partial charge in [0.05, 0.1) is 41.8 Å². The van der Waals surface area contributed by atoms with Crippen LogP contribution in [0, 0.1) is 33.9 Å². The summed E-state index contributed by atoms with van der Waals surface area (Å²) in [7, 11) is -2.57. The lowest BCUT2D eigenvalue weighted by Crippen LogP contribution is -2.62. The fourth-order valence-electron chi connectivity index (χ4n) is 3.16. The van der Waals surface area contributed by atoms with Gasteiger partial charge < -0.3 is 14.6 Å². The summed E-state index contributed by atoms with van der Waals surface area (Å²) in [5, 5.41) is 27.9. The zero-order chi connectivity index (χ0) is 21.9. The maximum atomic E-state index is 13.9. The molecular formula is C20H18FN3O5S. The maximum Gasteiger partial charge on any atom is 0.244 e. The van der Waals surface area contributed by atoms with Crippen LogP contribution in [0.2, 0.25) is 0 Å². The standard InChI is InChI=1S/C20H18FN3O5S/c1-28-17-6-15(9-23)16(21)7-18(17)29-13-20(12-25)10-24(11-20)30(26,27)19-5-3-2-4-14(19)8-22/h2-7,25H,10-13H2,1H3. The molecule has 30 heavy (non-hydrogen) atoms. The molecule has 0 aliphatic carbocycles. The van der Waals surface area contributed by atoms with E-state index in [0.29, 0.717) is 0 Å². The molecule has 0 bridgehead atoms. The molecule has 8 nitrogen and oxygen atoms in total. The number of nitrogens with zero attached hydrogens (tertiary/aromatic N) is 3. The van der Waals surface area contributed by atoms with Crippen molar-refractivity contribution < 1.29 is 27.4 Å². The number of benzene rings is 2. The maximum absolute atomic E-state index is 13.9. The predicted octanol–water partition coefficient (Wildman–Crippen LogP) is 1.64. The number of nitriles is 2. The molecule has 1 saturated heterocycles. The first-order valence-corrected chi connectivity index (χ1v) is 10.2. The van der Waals surface area contributed by atoms with Gasteiger partial charge >= 0.3 is 0 Å². The monoisotopic (exact) mass is 431 g/mol. The molecule has 0 radical (unpaired) electrons. The number of hydrogen-bond acceptors (Lipinski definition) is 7. The molecule has 0 saturated carbocycles. The van der Waals surface area contributed by atoms with Crippen molar-refractivity contribution in [1.29, 1.82) is 10.5 Å². The first-order valence-electron chi connectivity index (χ1n) is 8.81. The summed E-state index contributed by atoms with van der Waals surface area (Å²) in [5.74, 6) is -0.594. The lowest BCUT2D eigenvalue weighted by atomic mass is 9.83. The van der Waals surface area contributed by atoms with Crippen LogP contribution in [0.3, 0.4) is 0 Å². The fraction of sp³-hybridized carbons (Fsp3) is 0.300. The average molecular weight is 431 g/mol. The van der Waals surface area contributed by atoms with Gasteiger partial charge in [-0.25, -0.2) is 12.8 Å². The molecule has 3 rings (SSSR count). The van der Waals surface area contributed by atoms with Crippen LogP contribution in [-0.2, 0) is 10.0 Å². The van der Waals surface area contributed by atoms with E-state index in [1.54, 1.807) is 12.1 Å². The second kappa shape index (κ2) is 8.28. The van der Waals surface area contributed by atoms with Crippen molar-refractivity contribution in [3.8, 4) is 23.6 Å². The van der Waals surface area contributed by atoms with Gasteiger partial charge in [0.15, 0.2) is 11.5 Å². The van der Waals surface area contributed by atoms with Crippen LogP contribution >= 0.6 is 0 Å². The number of methoxy groups -OCH3 is 1. The molecule has 1 aliphatic heterocycles. The van der Waals surface area contributed by atoms with Crippen molar-refractivity contribution in [2.75, 3.05) is 33.4 Å². The van der Waals surface area contributed by atoms with Gasteiger partial charge in [-0.3, -0.25) is 0 Å². The summed E-state index contributed by atoms with van der Waals surface area (Å²) in [6.07, 6.45) is 0. The first kappa shape index (κ1) is 21.5. The zero-order valence-electron chi connectivity index (χ0n) is 16.0. The molecule has 1 aliphatic rings. The molecule has 156 valence electrons. The highest BCUT2D eigenvalue weighted by molar-refractivity contribution is 7.89. The molecule has 0 unspecified atom stereocenters. The molecular weight excluding hydrogens is 413 g/mol. The van der Waals surface area contributed by atoms with Gasteiger partial charge in [-0.15, -0.1) is 0 Å². The summed E-state index contributed by atoms with van der Waals surface area (Å²) in [4.78, 5) is -0.101. The van der Waals surface area contributed by atoms with Crippen LogP contribution in [0.25, 0.3) is 0 Å². The van der Waals surface area contributed by atoms with Gasteiger partial charge in [-0.05, 0) is 12.1 Å². The van der Waals surface area contributed by atoms with E-state index in [1.807, 2.05) is 6.07 Å². The van der Waals surface area contributed by atoms with Gasteiger partial charge in [-0.1, -0.05) is 12.1 Å². The lowest BCUT2D eigenvalue weighted by molar-refractivity contribution is -0.0278. The Hall–Kier alpha value is -3.18. The SMILES string of the molecule is COc1cc(C#N)c(F)cc1OCC1(CO)CN(S(=O)(=O)c2ccccc2C#N)C1. The number of ether oxygens (including phenoxy) is 2. The van der Waals surface area contributed by atoms with E-state index in [0.717, 1.165) is 10.4 Å². The Morgan fingerprint density at radius 3 is 2.43 bits per heavy atom. The lowest BCUT2D eigenvalue weighted by Gasteiger charge is -2.47. The van der Waals surface area contributed by atoms with Crippen LogP contribution in [0.15, 0.2) is 41.3 Å². The van der Waals surface area contributed by atoms with Gasteiger partial charge in [0.1, 0.15) is 18.0 Å². The number of aliphatic hydroxyl groups excluding tert-OH is 1. The molecule has 1 fully saturated rings. The number of rotatable bonds is 7. The highest BCUT2D eigenvalue weighted by Crippen LogP contribution is 2.37. The number of sulfonamides is 1. The Labute approximate surface area is 173 Å². The smallest absolute Gasteiger partial charge is 0.244 e. The third-order valence-electron chi connectivity index (χ3n) is 4.89. The van der Waals surface area contributed by atoms with Gasteiger partial charge in [0.2, 0.25) is 10.0 Å². The molecule has 0 aromatic heterocycles. The average Bonchev–Trinajstić information content (AvgIpc) is 2.73. The second-order valence-electron chi connectivity index (χ2n) is 6.92. The van der Waals surface area contributed by atoms with E-state index in [1.165, 1.54) is 31.4 Å². The van der Waals surface area contributed by atoms with Crippen molar-refractivity contribution in [3.05, 3.63) is 53.3 Å². The van der Waals surface area contributed by atoms with E-state index in [-0.39, 0.29) is 53.8 Å². The van der Waals surface area contributed by atoms with Crippen molar-refractivity contribution in [2.45, 2.75) is 4.90 Å². The zero-order valence-corrected chi connectivity index (χ0v) is 16.8. The molecule has 0 atom stereocenters. The van der Waals surface area contributed by atoms with Crippen LogP contribution in [-0.4, -0.2) is 51.2 Å². The van der Waals surface area contributed by atoms with Crippen molar-refractivity contribution in [2.24, 2.45) is 5.41 Å². The van der Waals surface area contributed by atoms with Crippen molar-refractivity contribution in [1.82, 2.24) is 4.31 Å². The Morgan fingerprint density at radius 2 is 1.83 bits per heavy atom. The van der Waals surface area contributed by atoms with Crippen LogP contribution in [0.5, 0.6) is 11.5 Å². The largest absolute Gasteiger partial charge is 0.493 e. The summed E-state index contributed by atoms with van der Waals surface area (Å²) in [6, 6.07) is 11.7. The highest BCUT2D eigenvalue weighted by Gasteiger charge is 2.49. The third-order valence-corrected chi connectivity index (χ3v) is 6.74. The van der Waals surface area contributed by atoms with Crippen LogP contribution in [0.4, 0.5) is 4.39 Å². The molecule has 0 spiro atoms. The molecule has 2 aromatic rings. The first-order chi connectivity index (χ1) is 14.3. The van der Waals surface area contributed by atoms with E-state index >= 15 is 0 Å². The minimum atomic E-state index is -3.91. The van der Waals surface area contributed by atoms with E-state index < -0.39 is 21.3 Å². The predicted molar refractivity (Wildman–Crippen MR) is 103 cm³/mol. The molecule has 1 heterocycles. The van der Waals surface area contributed by atoms with Crippen molar-refractivity contribution in [3.63, 3.8) is 0 Å². The van der Waals surface area contributed by atoms with Gasteiger partial charge in [-0.2, -0.15) is 14.8 Å².